The van der Waals surface area contributed by atoms with E-state index < -0.39 is 5.60 Å². The molecule has 1 aliphatic heterocycles. The average molecular weight is 115 g/mol. The Morgan fingerprint density at radius 3 is 2.50 bits per heavy atom. The quantitative estimate of drug-likeness (QED) is 0.469. The highest BCUT2D eigenvalue weighted by atomic mass is 16.6. The molecular formula is C5H9NO2. The van der Waals surface area contributed by atoms with Crippen molar-refractivity contribution in [2.45, 2.75) is 12.5 Å². The number of carbonyl (C=O) groups excluding carboxylic acids is 1. The van der Waals surface area contributed by atoms with Crippen molar-refractivity contribution in [3.05, 3.63) is 0 Å². The van der Waals surface area contributed by atoms with E-state index in [4.69, 9.17) is 4.74 Å². The molecule has 0 aromatic rings. The molecule has 1 N–H and O–H groups in total. The van der Waals surface area contributed by atoms with E-state index in [1.165, 1.54) is 0 Å². The molecule has 1 unspecified atom stereocenters. The van der Waals surface area contributed by atoms with E-state index in [1.54, 1.807) is 14.0 Å². The Morgan fingerprint density at radius 2 is 2.38 bits per heavy atom. The highest BCUT2D eigenvalue weighted by molar-refractivity contribution is 5.86. The van der Waals surface area contributed by atoms with Gasteiger partial charge in [-0.05, 0) is 6.92 Å². The van der Waals surface area contributed by atoms with Crippen LogP contribution in [0.3, 0.4) is 0 Å². The minimum atomic E-state index is -0.491. The number of amides is 1. The predicted octanol–water partition coefficient (Wildman–Crippen LogP) is -0.479. The summed E-state index contributed by atoms with van der Waals surface area (Å²) in [6.07, 6.45) is 0. The fourth-order valence-electron chi connectivity index (χ4n) is 0.504. The molecular weight excluding hydrogens is 106 g/mol. The molecule has 1 saturated heterocycles. The van der Waals surface area contributed by atoms with Gasteiger partial charge in [0.25, 0.3) is 5.91 Å². The molecule has 0 aromatic carbocycles. The van der Waals surface area contributed by atoms with Crippen LogP contribution >= 0.6 is 0 Å². The number of nitrogens with one attached hydrogen (secondary N) is 1. The molecule has 0 bridgehead atoms. The van der Waals surface area contributed by atoms with Gasteiger partial charge in [-0.3, -0.25) is 4.79 Å². The van der Waals surface area contributed by atoms with Gasteiger partial charge < -0.3 is 10.1 Å². The van der Waals surface area contributed by atoms with Crippen molar-refractivity contribution < 1.29 is 9.53 Å². The van der Waals surface area contributed by atoms with Crippen molar-refractivity contribution in [2.75, 3.05) is 13.7 Å². The van der Waals surface area contributed by atoms with Gasteiger partial charge in [-0.15, -0.1) is 0 Å². The molecule has 1 atom stereocenters. The van der Waals surface area contributed by atoms with Crippen LogP contribution in [0.25, 0.3) is 0 Å². The van der Waals surface area contributed by atoms with Gasteiger partial charge in [0, 0.05) is 7.05 Å². The normalized spacial score (nSPS) is 34.2. The largest absolute Gasteiger partial charge is 0.359 e. The zero-order valence-corrected chi connectivity index (χ0v) is 5.02. The van der Waals surface area contributed by atoms with Crippen molar-refractivity contribution >= 4 is 5.91 Å². The molecule has 1 aliphatic rings. The Labute approximate surface area is 48.0 Å². The van der Waals surface area contributed by atoms with Gasteiger partial charge in [-0.1, -0.05) is 0 Å². The smallest absolute Gasteiger partial charge is 0.254 e. The lowest BCUT2D eigenvalue weighted by molar-refractivity contribution is -0.125. The summed E-state index contributed by atoms with van der Waals surface area (Å²) in [5.41, 5.74) is -0.491. The summed E-state index contributed by atoms with van der Waals surface area (Å²) < 4.78 is 4.84. The Kier molecular flexibility index (Phi) is 1.01. The van der Waals surface area contributed by atoms with Crippen molar-refractivity contribution in [3.63, 3.8) is 0 Å². The molecule has 0 radical (unpaired) electrons. The maximum absolute atomic E-state index is 10.7. The maximum atomic E-state index is 10.7. The molecule has 8 heavy (non-hydrogen) atoms. The van der Waals surface area contributed by atoms with Crippen LogP contribution in [-0.4, -0.2) is 25.2 Å². The fourth-order valence-corrected chi connectivity index (χ4v) is 0.504. The fraction of sp³-hybridized carbons (Fsp3) is 0.800. The number of epoxide rings is 1. The highest BCUT2D eigenvalue weighted by Crippen LogP contribution is 2.25. The van der Waals surface area contributed by atoms with Crippen LogP contribution in [0.5, 0.6) is 0 Å². The van der Waals surface area contributed by atoms with Crippen LogP contribution in [0, 0.1) is 0 Å². The third-order valence-corrected chi connectivity index (χ3v) is 1.28. The summed E-state index contributed by atoms with van der Waals surface area (Å²) in [5, 5.41) is 2.50. The van der Waals surface area contributed by atoms with Gasteiger partial charge in [0.2, 0.25) is 0 Å². The Bertz CT molecular complexity index is 118. The Balaban J connectivity index is 2.46. The first-order chi connectivity index (χ1) is 3.69. The second kappa shape index (κ2) is 1.45. The van der Waals surface area contributed by atoms with Crippen LogP contribution in [0.1, 0.15) is 6.92 Å². The summed E-state index contributed by atoms with van der Waals surface area (Å²) in [6, 6.07) is 0. The standard InChI is InChI=1S/C5H9NO2/c1-5(3-8-5)4(7)6-2/h3H2,1-2H3,(H,6,7). The SMILES string of the molecule is CNC(=O)C1(C)CO1. The second-order valence-corrected chi connectivity index (χ2v) is 2.10. The van der Waals surface area contributed by atoms with E-state index in [0.29, 0.717) is 6.61 Å². The van der Waals surface area contributed by atoms with Crippen LogP contribution in [0.4, 0.5) is 0 Å². The molecule has 1 rings (SSSR count). The van der Waals surface area contributed by atoms with E-state index in [2.05, 4.69) is 5.32 Å². The summed E-state index contributed by atoms with van der Waals surface area (Å²) in [5.74, 6) is -0.0301. The zero-order valence-electron chi connectivity index (χ0n) is 5.02. The first kappa shape index (κ1) is 5.56. The van der Waals surface area contributed by atoms with Gasteiger partial charge in [0.05, 0.1) is 6.61 Å². The monoisotopic (exact) mass is 115 g/mol. The van der Waals surface area contributed by atoms with Gasteiger partial charge in [0.15, 0.2) is 5.60 Å². The molecule has 1 amide bonds. The lowest BCUT2D eigenvalue weighted by Crippen LogP contribution is -2.32. The van der Waals surface area contributed by atoms with Crippen molar-refractivity contribution in [1.82, 2.24) is 5.32 Å². The van der Waals surface area contributed by atoms with E-state index in [-0.39, 0.29) is 5.91 Å². The molecule has 0 aromatic heterocycles. The number of carbonyl (C=O) groups is 1. The summed E-state index contributed by atoms with van der Waals surface area (Å²) in [7, 11) is 1.61. The molecule has 1 fully saturated rings. The molecule has 0 spiro atoms. The lowest BCUT2D eigenvalue weighted by Gasteiger charge is -1.99. The van der Waals surface area contributed by atoms with E-state index in [1.807, 2.05) is 0 Å². The molecule has 3 heteroatoms. The third-order valence-electron chi connectivity index (χ3n) is 1.28. The predicted molar refractivity (Wildman–Crippen MR) is 28.4 cm³/mol. The molecule has 0 aliphatic carbocycles. The molecule has 0 saturated carbocycles. The van der Waals surface area contributed by atoms with Crippen molar-refractivity contribution in [2.24, 2.45) is 0 Å². The second-order valence-electron chi connectivity index (χ2n) is 2.10. The number of hydrogen-bond acceptors (Lipinski definition) is 2. The van der Waals surface area contributed by atoms with Gasteiger partial charge in [0.1, 0.15) is 0 Å². The molecule has 46 valence electrons. The van der Waals surface area contributed by atoms with Crippen molar-refractivity contribution in [1.29, 1.82) is 0 Å². The molecule has 1 heterocycles. The zero-order chi connectivity index (χ0) is 6.20. The number of rotatable bonds is 1. The van der Waals surface area contributed by atoms with Gasteiger partial charge in [-0.2, -0.15) is 0 Å². The summed E-state index contributed by atoms with van der Waals surface area (Å²) in [4.78, 5) is 10.7. The van der Waals surface area contributed by atoms with Gasteiger partial charge >= 0.3 is 0 Å². The number of ether oxygens (including phenoxy) is 1. The van der Waals surface area contributed by atoms with Crippen LogP contribution in [0.15, 0.2) is 0 Å². The van der Waals surface area contributed by atoms with Crippen LogP contribution in [-0.2, 0) is 9.53 Å². The van der Waals surface area contributed by atoms with E-state index in [9.17, 15) is 4.79 Å². The Morgan fingerprint density at radius 1 is 1.88 bits per heavy atom. The molecule has 3 nitrogen and oxygen atoms in total. The summed E-state index contributed by atoms with van der Waals surface area (Å²) >= 11 is 0. The minimum Gasteiger partial charge on any atom is -0.359 e. The van der Waals surface area contributed by atoms with Gasteiger partial charge in [-0.25, -0.2) is 0 Å². The van der Waals surface area contributed by atoms with Crippen LogP contribution < -0.4 is 5.32 Å². The third kappa shape index (κ3) is 0.690. The Hall–Kier alpha value is -0.570. The average Bonchev–Trinajstić information content (AvgIpc) is 2.47. The van der Waals surface area contributed by atoms with E-state index >= 15 is 0 Å². The number of hydrogen-bond donors (Lipinski definition) is 1. The minimum absolute atomic E-state index is 0.0301. The first-order valence-electron chi connectivity index (χ1n) is 2.55. The van der Waals surface area contributed by atoms with Crippen molar-refractivity contribution in [3.8, 4) is 0 Å². The highest BCUT2D eigenvalue weighted by Gasteiger charge is 2.46. The van der Waals surface area contributed by atoms with E-state index in [0.717, 1.165) is 0 Å². The summed E-state index contributed by atoms with van der Waals surface area (Å²) in [6.45, 7) is 2.33. The topological polar surface area (TPSA) is 41.6 Å². The first-order valence-corrected chi connectivity index (χ1v) is 2.55. The van der Waals surface area contributed by atoms with Crippen LogP contribution in [0.2, 0.25) is 0 Å². The maximum Gasteiger partial charge on any atom is 0.254 e. The lowest BCUT2D eigenvalue weighted by atomic mass is 10.2. The number of likely N-dealkylation sites (N-methyl/N-ethyl adjacent to an activating group) is 1.